The molecule has 0 bridgehead atoms. The predicted molar refractivity (Wildman–Crippen MR) is 173 cm³/mol. The first-order valence-electron chi connectivity index (χ1n) is 17.3. The largest absolute Gasteiger partial charge is 0.472 e. The number of ether oxygens (including phenoxy) is 1. The maximum atomic E-state index is 11.9. The summed E-state index contributed by atoms with van der Waals surface area (Å²) in [5.74, 6) is -0.367. The average Bonchev–Trinajstić information content (AvgIpc) is 2.92. The van der Waals surface area contributed by atoms with Crippen molar-refractivity contribution in [3.63, 3.8) is 0 Å². The highest BCUT2D eigenvalue weighted by Crippen LogP contribution is 2.43. The average molecular weight is 623 g/mol. The molecule has 0 saturated carbocycles. The number of hydrogen-bond acceptors (Lipinski definition) is 6. The standard InChI is InChI=1S/C33H68NO7P/c1-5-6-7-8-9-10-11-12-13-14-15-16-17-18-19-20-21-22-23-24-25-26-27-33(36)39-30-32(35)31-41-42(37,38)40-29-28-34(2,3)4/h32,35H,5-31H2,1-4H3/p+1. The van der Waals surface area contributed by atoms with Gasteiger partial charge in [-0.15, -0.1) is 0 Å². The maximum absolute atomic E-state index is 11.9. The molecule has 2 atom stereocenters. The molecule has 0 fully saturated rings. The summed E-state index contributed by atoms with van der Waals surface area (Å²) < 4.78 is 27.2. The summed E-state index contributed by atoms with van der Waals surface area (Å²) in [7, 11) is 1.57. The van der Waals surface area contributed by atoms with Crippen LogP contribution < -0.4 is 0 Å². The molecule has 2 unspecified atom stereocenters. The van der Waals surface area contributed by atoms with E-state index in [1.807, 2.05) is 21.1 Å². The zero-order valence-electron chi connectivity index (χ0n) is 28.0. The van der Waals surface area contributed by atoms with Gasteiger partial charge in [0.1, 0.15) is 25.9 Å². The number of aliphatic hydroxyl groups is 1. The number of unbranched alkanes of at least 4 members (excludes halogenated alkanes) is 21. The highest BCUT2D eigenvalue weighted by Gasteiger charge is 2.24. The van der Waals surface area contributed by atoms with Gasteiger partial charge < -0.3 is 19.2 Å². The number of phosphoric acid groups is 1. The number of aliphatic hydroxyl groups excluding tert-OH is 1. The van der Waals surface area contributed by atoms with Crippen molar-refractivity contribution < 1.29 is 37.6 Å². The number of hydrogen-bond donors (Lipinski definition) is 2. The van der Waals surface area contributed by atoms with Crippen molar-refractivity contribution in [2.75, 3.05) is 47.5 Å². The van der Waals surface area contributed by atoms with Gasteiger partial charge in [-0.1, -0.05) is 142 Å². The number of likely N-dealkylation sites (N-methyl/N-ethyl adjacent to an activating group) is 1. The Kier molecular flexibility index (Phi) is 27.7. The number of quaternary nitrogens is 1. The molecule has 0 aliphatic heterocycles. The first kappa shape index (κ1) is 41.5. The molecule has 0 aliphatic rings. The van der Waals surface area contributed by atoms with E-state index in [1.54, 1.807) is 0 Å². The monoisotopic (exact) mass is 622 g/mol. The van der Waals surface area contributed by atoms with Crippen molar-refractivity contribution in [3.05, 3.63) is 0 Å². The van der Waals surface area contributed by atoms with Gasteiger partial charge >= 0.3 is 13.8 Å². The molecular weight excluding hydrogens is 553 g/mol. The van der Waals surface area contributed by atoms with E-state index in [0.29, 0.717) is 17.4 Å². The first-order valence-corrected chi connectivity index (χ1v) is 18.8. The molecule has 252 valence electrons. The molecule has 0 amide bonds. The van der Waals surface area contributed by atoms with Gasteiger partial charge in [-0.25, -0.2) is 4.57 Å². The third-order valence-corrected chi connectivity index (χ3v) is 8.60. The molecule has 0 aromatic carbocycles. The fourth-order valence-electron chi connectivity index (χ4n) is 4.84. The molecule has 0 aliphatic carbocycles. The third kappa shape index (κ3) is 32.4. The van der Waals surface area contributed by atoms with Gasteiger partial charge in [-0.3, -0.25) is 13.8 Å². The van der Waals surface area contributed by atoms with Crippen LogP contribution in [0.5, 0.6) is 0 Å². The van der Waals surface area contributed by atoms with Crippen molar-refractivity contribution in [1.82, 2.24) is 0 Å². The van der Waals surface area contributed by atoms with Gasteiger partial charge in [0.15, 0.2) is 0 Å². The molecule has 0 rings (SSSR count). The fourth-order valence-corrected chi connectivity index (χ4v) is 5.58. The second-order valence-electron chi connectivity index (χ2n) is 13.1. The van der Waals surface area contributed by atoms with E-state index in [0.717, 1.165) is 19.3 Å². The number of phosphoric ester groups is 1. The SMILES string of the molecule is CCCCCCCCCCCCCCCCCCCCCCCCC(=O)OCC(O)COP(=O)(O)OCC[N+](C)(C)C. The second kappa shape index (κ2) is 28.0. The molecular formula is C33H69NO7P+. The van der Waals surface area contributed by atoms with Gasteiger partial charge in [-0.05, 0) is 6.42 Å². The summed E-state index contributed by atoms with van der Waals surface area (Å²) in [6.07, 6.45) is 28.3. The maximum Gasteiger partial charge on any atom is 0.472 e. The van der Waals surface area contributed by atoms with Gasteiger partial charge in [0.2, 0.25) is 0 Å². The van der Waals surface area contributed by atoms with E-state index in [9.17, 15) is 19.4 Å². The van der Waals surface area contributed by atoms with Crippen molar-refractivity contribution >= 4 is 13.8 Å². The lowest BCUT2D eigenvalue weighted by Gasteiger charge is -2.24. The molecule has 0 aromatic rings. The third-order valence-electron chi connectivity index (χ3n) is 7.62. The van der Waals surface area contributed by atoms with E-state index < -0.39 is 20.5 Å². The Morgan fingerprint density at radius 3 is 1.40 bits per heavy atom. The molecule has 42 heavy (non-hydrogen) atoms. The molecule has 0 aromatic heterocycles. The van der Waals surface area contributed by atoms with Crippen LogP contribution in [0.1, 0.15) is 155 Å². The molecule has 0 saturated heterocycles. The van der Waals surface area contributed by atoms with Crippen LogP contribution in [0.4, 0.5) is 0 Å². The molecule has 0 radical (unpaired) electrons. The van der Waals surface area contributed by atoms with E-state index in [2.05, 4.69) is 6.92 Å². The molecule has 8 nitrogen and oxygen atoms in total. The van der Waals surface area contributed by atoms with Crippen molar-refractivity contribution in [3.8, 4) is 0 Å². The zero-order chi connectivity index (χ0) is 31.4. The van der Waals surface area contributed by atoms with Crippen LogP contribution in [0.15, 0.2) is 0 Å². The quantitative estimate of drug-likeness (QED) is 0.0335. The minimum atomic E-state index is -4.24. The minimum absolute atomic E-state index is 0.0574. The van der Waals surface area contributed by atoms with Crippen LogP contribution in [0, 0.1) is 0 Å². The van der Waals surface area contributed by atoms with Crippen molar-refractivity contribution in [1.29, 1.82) is 0 Å². The van der Waals surface area contributed by atoms with E-state index >= 15 is 0 Å². The smallest absolute Gasteiger partial charge is 0.463 e. The molecule has 2 N–H and O–H groups in total. The van der Waals surface area contributed by atoms with Gasteiger partial charge in [-0.2, -0.15) is 0 Å². The molecule has 0 spiro atoms. The number of rotatable bonds is 32. The summed E-state index contributed by atoms with van der Waals surface area (Å²) in [5.41, 5.74) is 0. The van der Waals surface area contributed by atoms with Crippen LogP contribution in [0.25, 0.3) is 0 Å². The van der Waals surface area contributed by atoms with Gasteiger partial charge in [0.25, 0.3) is 0 Å². The Morgan fingerprint density at radius 1 is 0.643 bits per heavy atom. The van der Waals surface area contributed by atoms with Gasteiger partial charge in [0.05, 0.1) is 27.7 Å². The lowest BCUT2D eigenvalue weighted by molar-refractivity contribution is -0.870. The van der Waals surface area contributed by atoms with Crippen LogP contribution in [0.2, 0.25) is 0 Å². The van der Waals surface area contributed by atoms with E-state index in [4.69, 9.17) is 13.8 Å². The van der Waals surface area contributed by atoms with Crippen LogP contribution in [0.3, 0.4) is 0 Å². The van der Waals surface area contributed by atoms with E-state index in [1.165, 1.54) is 122 Å². The lowest BCUT2D eigenvalue weighted by Crippen LogP contribution is -2.37. The minimum Gasteiger partial charge on any atom is -0.463 e. The number of carbonyl (C=O) groups is 1. The Morgan fingerprint density at radius 2 is 1.02 bits per heavy atom. The second-order valence-corrected chi connectivity index (χ2v) is 14.6. The van der Waals surface area contributed by atoms with Gasteiger partial charge in [0, 0.05) is 6.42 Å². The predicted octanol–water partition coefficient (Wildman–Crippen LogP) is 8.72. The zero-order valence-corrected chi connectivity index (χ0v) is 28.9. The first-order chi connectivity index (χ1) is 20.1. The van der Waals surface area contributed by atoms with Crippen molar-refractivity contribution in [2.45, 2.75) is 161 Å². The summed E-state index contributed by atoms with van der Waals surface area (Å²) in [6.45, 7) is 2.17. The van der Waals surface area contributed by atoms with Crippen LogP contribution in [-0.2, 0) is 23.1 Å². The van der Waals surface area contributed by atoms with Crippen molar-refractivity contribution in [2.24, 2.45) is 0 Å². The number of esters is 1. The summed E-state index contributed by atoms with van der Waals surface area (Å²) >= 11 is 0. The summed E-state index contributed by atoms with van der Waals surface area (Å²) in [4.78, 5) is 21.6. The Balaban J connectivity index is 3.40. The topological polar surface area (TPSA) is 102 Å². The van der Waals surface area contributed by atoms with Crippen LogP contribution in [-0.4, -0.2) is 74.1 Å². The Bertz CT molecular complexity index is 657. The summed E-state index contributed by atoms with van der Waals surface area (Å²) in [5, 5.41) is 9.87. The summed E-state index contributed by atoms with van der Waals surface area (Å²) in [6, 6.07) is 0. The molecule has 9 heteroatoms. The Hall–Kier alpha value is -0.500. The van der Waals surface area contributed by atoms with E-state index in [-0.39, 0.29) is 19.2 Å². The Labute approximate surface area is 259 Å². The normalized spacial score (nSPS) is 14.1. The number of nitrogens with zero attached hydrogens (tertiary/aromatic N) is 1. The molecule has 0 heterocycles. The highest BCUT2D eigenvalue weighted by atomic mass is 31.2. The number of carbonyl (C=O) groups excluding carboxylic acids is 1. The lowest BCUT2D eigenvalue weighted by atomic mass is 10.0. The van der Waals surface area contributed by atoms with Crippen LogP contribution >= 0.6 is 7.82 Å². The fraction of sp³-hybridized carbons (Fsp3) is 0.970. The highest BCUT2D eigenvalue weighted by molar-refractivity contribution is 7.47.